The molecule has 2 aromatic carbocycles. The van der Waals surface area contributed by atoms with Crippen molar-refractivity contribution >= 4 is 11.6 Å². The van der Waals surface area contributed by atoms with Crippen LogP contribution in [0.3, 0.4) is 0 Å². The van der Waals surface area contributed by atoms with Gasteiger partial charge in [-0.25, -0.2) is 4.98 Å². The van der Waals surface area contributed by atoms with Crippen LogP contribution in [-0.4, -0.2) is 32.2 Å². The molecule has 0 bridgehead atoms. The smallest absolute Gasteiger partial charge is 0.255 e. The number of methoxy groups -OCH3 is 3. The van der Waals surface area contributed by atoms with Crippen LogP contribution in [0.1, 0.15) is 15.9 Å². The summed E-state index contributed by atoms with van der Waals surface area (Å²) in [7, 11) is 4.50. The van der Waals surface area contributed by atoms with Gasteiger partial charge in [-0.1, -0.05) is 17.7 Å². The van der Waals surface area contributed by atoms with Crippen LogP contribution >= 0.6 is 0 Å². The first kappa shape index (κ1) is 20.0. The lowest BCUT2D eigenvalue weighted by molar-refractivity contribution is 0.102. The Bertz CT molecular complexity index is 960. The largest absolute Gasteiger partial charge is 0.493 e. The SMILES string of the molecule is COc1cc(C(=O)Nc2ccc(Oc3ccc(C)cc3)nc2)cc(OC)c1OC. The number of carbonyl (C=O) groups excluding carboxylic acids is 1. The van der Waals surface area contributed by atoms with Gasteiger partial charge >= 0.3 is 0 Å². The number of aromatic nitrogens is 1. The molecule has 1 heterocycles. The molecule has 3 rings (SSSR count). The molecule has 0 saturated carbocycles. The number of anilines is 1. The van der Waals surface area contributed by atoms with Crippen LogP contribution in [-0.2, 0) is 0 Å². The average Bonchev–Trinajstić information content (AvgIpc) is 2.75. The second-order valence-corrected chi connectivity index (χ2v) is 6.17. The van der Waals surface area contributed by atoms with E-state index in [1.54, 1.807) is 24.3 Å². The number of aryl methyl sites for hydroxylation is 1. The van der Waals surface area contributed by atoms with Crippen LogP contribution < -0.4 is 24.3 Å². The zero-order valence-corrected chi connectivity index (χ0v) is 16.7. The fourth-order valence-corrected chi connectivity index (χ4v) is 2.66. The summed E-state index contributed by atoms with van der Waals surface area (Å²) in [4.78, 5) is 16.9. The van der Waals surface area contributed by atoms with Crippen LogP contribution in [0, 0.1) is 6.92 Å². The average molecular weight is 394 g/mol. The van der Waals surface area contributed by atoms with Crippen LogP contribution in [0.2, 0.25) is 0 Å². The molecular formula is C22H22N2O5. The lowest BCUT2D eigenvalue weighted by Crippen LogP contribution is -2.12. The number of nitrogens with one attached hydrogen (secondary N) is 1. The zero-order valence-electron chi connectivity index (χ0n) is 16.7. The summed E-state index contributed by atoms with van der Waals surface area (Å²) in [5.41, 5.74) is 2.04. The first-order valence-corrected chi connectivity index (χ1v) is 8.86. The predicted molar refractivity (Wildman–Crippen MR) is 110 cm³/mol. The fourth-order valence-electron chi connectivity index (χ4n) is 2.66. The van der Waals surface area contributed by atoms with Gasteiger partial charge in [0.05, 0.1) is 33.2 Å². The number of amides is 1. The minimum atomic E-state index is -0.335. The van der Waals surface area contributed by atoms with Crippen molar-refractivity contribution in [3.63, 3.8) is 0 Å². The van der Waals surface area contributed by atoms with E-state index in [0.717, 1.165) is 5.56 Å². The highest BCUT2D eigenvalue weighted by molar-refractivity contribution is 6.05. The number of ether oxygens (including phenoxy) is 4. The molecule has 1 aromatic heterocycles. The minimum Gasteiger partial charge on any atom is -0.493 e. The molecule has 0 saturated heterocycles. The van der Waals surface area contributed by atoms with E-state index in [9.17, 15) is 4.79 Å². The van der Waals surface area contributed by atoms with E-state index in [0.29, 0.717) is 40.1 Å². The van der Waals surface area contributed by atoms with Gasteiger partial charge < -0.3 is 24.3 Å². The molecule has 7 nitrogen and oxygen atoms in total. The summed E-state index contributed by atoms with van der Waals surface area (Å²) < 4.78 is 21.5. The Morgan fingerprint density at radius 2 is 1.55 bits per heavy atom. The number of nitrogens with zero attached hydrogens (tertiary/aromatic N) is 1. The quantitative estimate of drug-likeness (QED) is 0.637. The summed E-state index contributed by atoms with van der Waals surface area (Å²) in [6, 6.07) is 14.2. The maximum atomic E-state index is 12.6. The normalized spacial score (nSPS) is 10.2. The van der Waals surface area contributed by atoms with Crippen molar-refractivity contribution in [3.8, 4) is 28.9 Å². The second-order valence-electron chi connectivity index (χ2n) is 6.17. The Morgan fingerprint density at radius 3 is 2.07 bits per heavy atom. The maximum absolute atomic E-state index is 12.6. The highest BCUT2D eigenvalue weighted by Gasteiger charge is 2.17. The molecule has 0 aliphatic carbocycles. The highest BCUT2D eigenvalue weighted by Crippen LogP contribution is 2.38. The zero-order chi connectivity index (χ0) is 20.8. The molecule has 0 unspecified atom stereocenters. The van der Waals surface area contributed by atoms with Crippen molar-refractivity contribution in [2.24, 2.45) is 0 Å². The Morgan fingerprint density at radius 1 is 0.897 bits per heavy atom. The lowest BCUT2D eigenvalue weighted by Gasteiger charge is -2.14. The maximum Gasteiger partial charge on any atom is 0.255 e. The van der Waals surface area contributed by atoms with Crippen molar-refractivity contribution in [3.05, 3.63) is 65.9 Å². The van der Waals surface area contributed by atoms with Gasteiger partial charge in [0.2, 0.25) is 11.6 Å². The van der Waals surface area contributed by atoms with Crippen LogP contribution in [0.25, 0.3) is 0 Å². The summed E-state index contributed by atoms with van der Waals surface area (Å²) in [5, 5.41) is 2.79. The highest BCUT2D eigenvalue weighted by atomic mass is 16.5. The summed E-state index contributed by atoms with van der Waals surface area (Å²) in [5.74, 6) is 2.01. The molecule has 0 fully saturated rings. The topological polar surface area (TPSA) is 78.9 Å². The third-order valence-electron chi connectivity index (χ3n) is 4.16. The van der Waals surface area contributed by atoms with Gasteiger partial charge in [-0.15, -0.1) is 0 Å². The number of pyridine rings is 1. The predicted octanol–water partition coefficient (Wildman–Crippen LogP) is 4.46. The van der Waals surface area contributed by atoms with Crippen LogP contribution in [0.15, 0.2) is 54.7 Å². The lowest BCUT2D eigenvalue weighted by atomic mass is 10.1. The molecule has 0 atom stereocenters. The fraction of sp³-hybridized carbons (Fsp3) is 0.182. The van der Waals surface area contributed by atoms with E-state index in [2.05, 4.69) is 10.3 Å². The Labute approximate surface area is 169 Å². The monoisotopic (exact) mass is 394 g/mol. The van der Waals surface area contributed by atoms with Gasteiger partial charge in [0.1, 0.15) is 5.75 Å². The van der Waals surface area contributed by atoms with Gasteiger partial charge in [-0.05, 0) is 37.3 Å². The van der Waals surface area contributed by atoms with E-state index in [4.69, 9.17) is 18.9 Å². The number of benzene rings is 2. The molecule has 0 aliphatic heterocycles. The number of carbonyl (C=O) groups is 1. The van der Waals surface area contributed by atoms with Crippen LogP contribution in [0.5, 0.6) is 28.9 Å². The summed E-state index contributed by atoms with van der Waals surface area (Å²) in [6.45, 7) is 2.01. The molecule has 29 heavy (non-hydrogen) atoms. The van der Waals surface area contributed by atoms with Crippen molar-refractivity contribution < 1.29 is 23.7 Å². The van der Waals surface area contributed by atoms with Crippen molar-refractivity contribution in [2.75, 3.05) is 26.6 Å². The van der Waals surface area contributed by atoms with Crippen LogP contribution in [0.4, 0.5) is 5.69 Å². The molecule has 150 valence electrons. The number of hydrogen-bond acceptors (Lipinski definition) is 6. The molecule has 0 radical (unpaired) electrons. The number of rotatable bonds is 7. The van der Waals surface area contributed by atoms with Crippen molar-refractivity contribution in [1.82, 2.24) is 4.98 Å². The van der Waals surface area contributed by atoms with Gasteiger partial charge in [-0.3, -0.25) is 4.79 Å². The van der Waals surface area contributed by atoms with Gasteiger partial charge in [0.25, 0.3) is 5.91 Å². The second kappa shape index (κ2) is 8.97. The van der Waals surface area contributed by atoms with Gasteiger partial charge in [0.15, 0.2) is 11.5 Å². The van der Waals surface area contributed by atoms with E-state index >= 15 is 0 Å². The van der Waals surface area contributed by atoms with E-state index in [1.165, 1.54) is 27.5 Å². The Hall–Kier alpha value is -3.74. The standard InChI is InChI=1S/C22H22N2O5/c1-14-5-8-17(9-6-14)29-20-10-7-16(13-23-20)24-22(25)15-11-18(26-2)21(28-4)19(12-15)27-3/h5-13H,1-4H3,(H,24,25). The van der Waals surface area contributed by atoms with Gasteiger partial charge in [0, 0.05) is 11.6 Å². The Kier molecular flexibility index (Phi) is 6.19. The van der Waals surface area contributed by atoms with E-state index in [-0.39, 0.29) is 5.91 Å². The molecular weight excluding hydrogens is 372 g/mol. The molecule has 7 heteroatoms. The van der Waals surface area contributed by atoms with Gasteiger partial charge in [-0.2, -0.15) is 0 Å². The van der Waals surface area contributed by atoms with E-state index < -0.39 is 0 Å². The third kappa shape index (κ3) is 4.76. The molecule has 3 aromatic rings. The molecule has 0 spiro atoms. The van der Waals surface area contributed by atoms with E-state index in [1.807, 2.05) is 31.2 Å². The first-order chi connectivity index (χ1) is 14.0. The van der Waals surface area contributed by atoms with Crippen molar-refractivity contribution in [1.29, 1.82) is 0 Å². The molecule has 1 amide bonds. The summed E-state index contributed by atoms with van der Waals surface area (Å²) >= 11 is 0. The molecule has 0 aliphatic rings. The van der Waals surface area contributed by atoms with Crippen molar-refractivity contribution in [2.45, 2.75) is 6.92 Å². The summed E-state index contributed by atoms with van der Waals surface area (Å²) in [6.07, 6.45) is 1.53. The molecule has 1 N–H and O–H groups in total. The first-order valence-electron chi connectivity index (χ1n) is 8.86. The third-order valence-corrected chi connectivity index (χ3v) is 4.16. The Balaban J connectivity index is 1.73. The minimum absolute atomic E-state index is 0.335. The number of hydrogen-bond donors (Lipinski definition) is 1.